The van der Waals surface area contributed by atoms with Crippen molar-refractivity contribution in [2.24, 2.45) is 4.99 Å². The van der Waals surface area contributed by atoms with Gasteiger partial charge in [0.1, 0.15) is 0 Å². The molecule has 1 fully saturated rings. The Kier molecular flexibility index (Phi) is 10.1. The minimum Gasteiger partial charge on any atom is -0.357 e. The molecule has 2 aromatic rings. The summed E-state index contributed by atoms with van der Waals surface area (Å²) in [6.45, 7) is 4.18. The first-order valence-electron chi connectivity index (χ1n) is 10.2. The standard InChI is InChI=1S/C22H30N4O2S2.HI/c1-3-24-21(26-17-22(12-13-22)29-20-10-5-4-6-11-20)25-15-18-8-7-9-19(14-18)16-30(27,28)23-2;/h4-11,14,23H,3,12-13,15-17H2,1-2H3,(H2,24,25,26);1H. The van der Waals surface area contributed by atoms with E-state index in [1.165, 1.54) is 24.8 Å². The highest BCUT2D eigenvalue weighted by molar-refractivity contribution is 14.0. The molecule has 1 aliphatic carbocycles. The lowest BCUT2D eigenvalue weighted by molar-refractivity contribution is 0.587. The van der Waals surface area contributed by atoms with Gasteiger partial charge in [-0.3, -0.25) is 0 Å². The summed E-state index contributed by atoms with van der Waals surface area (Å²) in [5, 5.41) is 6.79. The monoisotopic (exact) mass is 574 g/mol. The molecule has 0 aromatic heterocycles. The van der Waals surface area contributed by atoms with Crippen LogP contribution in [0.1, 0.15) is 30.9 Å². The van der Waals surface area contributed by atoms with Gasteiger partial charge in [0.25, 0.3) is 0 Å². The largest absolute Gasteiger partial charge is 0.357 e. The third kappa shape index (κ3) is 8.63. The molecule has 3 rings (SSSR count). The van der Waals surface area contributed by atoms with Crippen LogP contribution in [0.5, 0.6) is 0 Å². The third-order valence-corrected chi connectivity index (χ3v) is 7.72. The molecule has 170 valence electrons. The topological polar surface area (TPSA) is 82.6 Å². The Morgan fingerprint density at radius 1 is 1.06 bits per heavy atom. The first kappa shape index (κ1) is 26.0. The fraction of sp³-hybridized carbons (Fsp3) is 0.409. The molecule has 0 amide bonds. The van der Waals surface area contributed by atoms with E-state index >= 15 is 0 Å². The number of halogens is 1. The van der Waals surface area contributed by atoms with E-state index in [4.69, 9.17) is 4.99 Å². The molecular weight excluding hydrogens is 543 g/mol. The highest BCUT2D eigenvalue weighted by Crippen LogP contribution is 2.51. The first-order chi connectivity index (χ1) is 14.4. The summed E-state index contributed by atoms with van der Waals surface area (Å²) >= 11 is 1.93. The molecule has 0 spiro atoms. The lowest BCUT2D eigenvalue weighted by atomic mass is 10.1. The average Bonchev–Trinajstić information content (AvgIpc) is 3.50. The Morgan fingerprint density at radius 3 is 2.42 bits per heavy atom. The number of guanidine groups is 1. The van der Waals surface area contributed by atoms with Gasteiger partial charge in [0, 0.05) is 22.7 Å². The van der Waals surface area contributed by atoms with E-state index in [2.05, 4.69) is 39.6 Å². The van der Waals surface area contributed by atoms with Crippen molar-refractivity contribution in [2.45, 2.75) is 41.7 Å². The molecule has 2 aromatic carbocycles. The van der Waals surface area contributed by atoms with Crippen LogP contribution in [-0.2, 0) is 22.3 Å². The molecule has 0 heterocycles. The Labute approximate surface area is 207 Å². The predicted molar refractivity (Wildman–Crippen MR) is 141 cm³/mol. The van der Waals surface area contributed by atoms with Gasteiger partial charge in [-0.1, -0.05) is 42.5 Å². The maximum atomic E-state index is 11.8. The second kappa shape index (κ2) is 12.1. The predicted octanol–water partition coefficient (Wildman–Crippen LogP) is 3.73. The SMILES string of the molecule is CCNC(=NCc1cccc(CS(=O)(=O)NC)c1)NCC1(Sc2ccccc2)CC1.I. The van der Waals surface area contributed by atoms with Crippen LogP contribution in [-0.4, -0.2) is 39.3 Å². The molecule has 0 unspecified atom stereocenters. The second-order valence-electron chi connectivity index (χ2n) is 7.43. The number of rotatable bonds is 10. The van der Waals surface area contributed by atoms with Crippen molar-refractivity contribution in [1.82, 2.24) is 15.4 Å². The zero-order valence-electron chi connectivity index (χ0n) is 17.9. The van der Waals surface area contributed by atoms with E-state index in [0.29, 0.717) is 6.54 Å². The van der Waals surface area contributed by atoms with E-state index in [-0.39, 0.29) is 34.5 Å². The van der Waals surface area contributed by atoms with Gasteiger partial charge in [-0.2, -0.15) is 0 Å². The zero-order chi connectivity index (χ0) is 21.5. The highest BCUT2D eigenvalue weighted by Gasteiger charge is 2.43. The number of hydrogen-bond acceptors (Lipinski definition) is 4. The van der Waals surface area contributed by atoms with Gasteiger partial charge in [-0.25, -0.2) is 18.1 Å². The lowest BCUT2D eigenvalue weighted by Crippen LogP contribution is -2.41. The molecule has 9 heteroatoms. The molecule has 1 aliphatic rings. The molecule has 0 aliphatic heterocycles. The Morgan fingerprint density at radius 2 is 1.77 bits per heavy atom. The Balaban J connectivity index is 0.00000341. The van der Waals surface area contributed by atoms with Crippen LogP contribution in [0.2, 0.25) is 0 Å². The molecule has 1 saturated carbocycles. The zero-order valence-corrected chi connectivity index (χ0v) is 21.9. The quantitative estimate of drug-likeness (QED) is 0.229. The van der Waals surface area contributed by atoms with E-state index in [1.54, 1.807) is 0 Å². The van der Waals surface area contributed by atoms with E-state index in [1.807, 2.05) is 49.0 Å². The first-order valence-corrected chi connectivity index (χ1v) is 12.7. The molecular formula is C22H31IN4O2S2. The summed E-state index contributed by atoms with van der Waals surface area (Å²) in [4.78, 5) is 6.00. The number of hydrogen-bond donors (Lipinski definition) is 3. The Bertz CT molecular complexity index is 964. The number of thioether (sulfide) groups is 1. The summed E-state index contributed by atoms with van der Waals surface area (Å²) < 4.78 is 26.2. The fourth-order valence-corrected chi connectivity index (χ4v) is 5.07. The second-order valence-corrected chi connectivity index (χ2v) is 10.9. The van der Waals surface area contributed by atoms with Gasteiger partial charge in [-0.15, -0.1) is 35.7 Å². The lowest BCUT2D eigenvalue weighted by Gasteiger charge is -2.18. The van der Waals surface area contributed by atoms with Crippen LogP contribution < -0.4 is 15.4 Å². The van der Waals surface area contributed by atoms with Gasteiger partial charge in [0.2, 0.25) is 10.0 Å². The fourth-order valence-electron chi connectivity index (χ4n) is 3.06. The van der Waals surface area contributed by atoms with Crippen molar-refractivity contribution in [1.29, 1.82) is 0 Å². The van der Waals surface area contributed by atoms with Crippen molar-refractivity contribution in [3.8, 4) is 0 Å². The van der Waals surface area contributed by atoms with E-state index in [9.17, 15) is 8.42 Å². The van der Waals surface area contributed by atoms with Gasteiger partial charge in [0.15, 0.2) is 5.96 Å². The number of aliphatic imine (C=N–C) groups is 1. The smallest absolute Gasteiger partial charge is 0.215 e. The van der Waals surface area contributed by atoms with Crippen LogP contribution in [0, 0.1) is 0 Å². The molecule has 0 bridgehead atoms. The van der Waals surface area contributed by atoms with Crippen LogP contribution in [0.4, 0.5) is 0 Å². The van der Waals surface area contributed by atoms with Crippen LogP contribution in [0.25, 0.3) is 0 Å². The number of nitrogens with zero attached hydrogens (tertiary/aromatic N) is 1. The van der Waals surface area contributed by atoms with Gasteiger partial charge >= 0.3 is 0 Å². The van der Waals surface area contributed by atoms with Gasteiger partial charge in [0.05, 0.1) is 12.3 Å². The maximum absolute atomic E-state index is 11.8. The summed E-state index contributed by atoms with van der Waals surface area (Å²) in [7, 11) is -1.85. The van der Waals surface area contributed by atoms with Crippen molar-refractivity contribution < 1.29 is 8.42 Å². The molecule has 0 atom stereocenters. The summed E-state index contributed by atoms with van der Waals surface area (Å²) in [6, 6.07) is 18.1. The minimum absolute atomic E-state index is 0. The van der Waals surface area contributed by atoms with E-state index in [0.717, 1.165) is 30.2 Å². The Hall–Kier alpha value is -1.30. The highest BCUT2D eigenvalue weighted by atomic mass is 127. The molecule has 0 radical (unpaired) electrons. The average molecular weight is 575 g/mol. The van der Waals surface area contributed by atoms with Crippen LogP contribution >= 0.6 is 35.7 Å². The minimum atomic E-state index is -3.29. The maximum Gasteiger partial charge on any atom is 0.215 e. The summed E-state index contributed by atoms with van der Waals surface area (Å²) in [6.07, 6.45) is 2.39. The van der Waals surface area contributed by atoms with E-state index < -0.39 is 10.0 Å². The summed E-state index contributed by atoms with van der Waals surface area (Å²) in [5.41, 5.74) is 1.74. The van der Waals surface area contributed by atoms with Crippen molar-refractivity contribution in [3.63, 3.8) is 0 Å². The van der Waals surface area contributed by atoms with Crippen LogP contribution in [0.3, 0.4) is 0 Å². The normalized spacial score (nSPS) is 15.1. The number of nitrogens with one attached hydrogen (secondary N) is 3. The molecule has 6 nitrogen and oxygen atoms in total. The third-order valence-electron chi connectivity index (χ3n) is 4.89. The van der Waals surface area contributed by atoms with Crippen LogP contribution in [0.15, 0.2) is 64.5 Å². The van der Waals surface area contributed by atoms with Crippen molar-refractivity contribution in [3.05, 3.63) is 65.7 Å². The summed E-state index contributed by atoms with van der Waals surface area (Å²) in [5.74, 6) is 0.754. The molecule has 0 saturated heterocycles. The van der Waals surface area contributed by atoms with Gasteiger partial charge < -0.3 is 10.6 Å². The molecule has 3 N–H and O–H groups in total. The van der Waals surface area contributed by atoms with Crippen molar-refractivity contribution in [2.75, 3.05) is 20.1 Å². The number of sulfonamides is 1. The van der Waals surface area contributed by atoms with Gasteiger partial charge in [-0.05, 0) is 50.1 Å². The molecule has 31 heavy (non-hydrogen) atoms. The number of benzene rings is 2. The van der Waals surface area contributed by atoms with Crippen molar-refractivity contribution >= 4 is 51.7 Å².